The molecule has 0 saturated heterocycles. The van der Waals surface area contributed by atoms with E-state index in [1.165, 1.54) is 0 Å². The van der Waals surface area contributed by atoms with E-state index >= 15 is 0 Å². The second-order valence-corrected chi connectivity index (χ2v) is 12.5. The van der Waals surface area contributed by atoms with Gasteiger partial charge in [-0.3, -0.25) is 0 Å². The van der Waals surface area contributed by atoms with Gasteiger partial charge in [0.25, 0.3) is 0 Å². The van der Waals surface area contributed by atoms with E-state index < -0.39 is 13.7 Å². The summed E-state index contributed by atoms with van der Waals surface area (Å²) in [6.07, 6.45) is 0.540. The smallest absolute Gasteiger partial charge is 0.410 e. The maximum atomic E-state index is 12.1. The molecule has 0 aromatic carbocycles. The third-order valence-corrected chi connectivity index (χ3v) is 4.98. The van der Waals surface area contributed by atoms with Gasteiger partial charge >= 0.3 is 6.09 Å². The maximum Gasteiger partial charge on any atom is 0.410 e. The fourth-order valence-electron chi connectivity index (χ4n) is 2.18. The molecular weight excluding hydrogens is 270 g/mol. The van der Waals surface area contributed by atoms with Crippen LogP contribution in [0.25, 0.3) is 0 Å². The monoisotopic (exact) mass is 295 g/mol. The number of rotatable bonds is 1. The fraction of sp³-hybridized carbons (Fsp3) is 0.667. The minimum atomic E-state index is -1.44. The number of amides is 1. The molecule has 0 atom stereocenters. The van der Waals surface area contributed by atoms with Crippen LogP contribution in [0.15, 0.2) is 10.5 Å². The molecule has 1 aliphatic rings. The highest BCUT2D eigenvalue weighted by Gasteiger charge is 2.30. The molecule has 1 aliphatic heterocycles. The van der Waals surface area contributed by atoms with E-state index in [2.05, 4.69) is 25.7 Å². The molecule has 112 valence electrons. The number of hydrogen-bond acceptors (Lipinski definition) is 3. The van der Waals surface area contributed by atoms with Crippen molar-refractivity contribution in [3.05, 3.63) is 17.4 Å². The molecule has 0 unspecified atom stereocenters. The van der Waals surface area contributed by atoms with Crippen LogP contribution in [0.4, 0.5) is 4.79 Å². The van der Waals surface area contributed by atoms with Gasteiger partial charge in [0.2, 0.25) is 0 Å². The summed E-state index contributed by atoms with van der Waals surface area (Å²) in [7, 11) is -1.44. The Kier molecular flexibility index (Phi) is 3.75. The van der Waals surface area contributed by atoms with Crippen molar-refractivity contribution in [1.29, 1.82) is 0 Å². The quantitative estimate of drug-likeness (QED) is 0.748. The second-order valence-electron chi connectivity index (χ2n) is 7.46. The van der Waals surface area contributed by atoms with Crippen molar-refractivity contribution in [2.45, 2.75) is 59.0 Å². The summed E-state index contributed by atoms with van der Waals surface area (Å²) in [6.45, 7) is 13.7. The van der Waals surface area contributed by atoms with Crippen LogP contribution in [-0.2, 0) is 17.7 Å². The van der Waals surface area contributed by atoms with Crippen molar-refractivity contribution in [3.8, 4) is 0 Å². The third-order valence-electron chi connectivity index (χ3n) is 3.26. The Hall–Kier alpha value is -1.23. The average Bonchev–Trinajstić information content (AvgIpc) is 2.68. The third kappa shape index (κ3) is 3.45. The number of furan rings is 1. The first kappa shape index (κ1) is 15.2. The molecule has 1 aromatic rings. The van der Waals surface area contributed by atoms with Crippen molar-refractivity contribution in [2.75, 3.05) is 6.54 Å². The molecule has 1 aromatic heterocycles. The van der Waals surface area contributed by atoms with Gasteiger partial charge in [0.05, 0.1) is 11.9 Å². The number of ether oxygens (including phenoxy) is 1. The lowest BCUT2D eigenvalue weighted by atomic mass is 10.1. The molecular formula is C15H25NO3Si. The molecule has 20 heavy (non-hydrogen) atoms. The van der Waals surface area contributed by atoms with Crippen LogP contribution in [0.3, 0.4) is 0 Å². The van der Waals surface area contributed by atoms with E-state index in [1.807, 2.05) is 20.8 Å². The molecule has 0 N–H and O–H groups in total. The predicted molar refractivity (Wildman–Crippen MR) is 82.0 cm³/mol. The van der Waals surface area contributed by atoms with Crippen LogP contribution in [0.5, 0.6) is 0 Å². The highest BCUT2D eigenvalue weighted by Crippen LogP contribution is 2.22. The summed E-state index contributed by atoms with van der Waals surface area (Å²) >= 11 is 0. The summed E-state index contributed by atoms with van der Waals surface area (Å²) in [5.74, 6) is 1.04. The largest absolute Gasteiger partial charge is 0.471 e. The molecule has 5 heteroatoms. The maximum absolute atomic E-state index is 12.1. The minimum absolute atomic E-state index is 0.237. The highest BCUT2D eigenvalue weighted by atomic mass is 28.3. The van der Waals surface area contributed by atoms with Gasteiger partial charge in [0, 0.05) is 18.5 Å². The standard InChI is InChI=1S/C15H25NO3Si/c1-15(2,3)19-14(17)16-8-7-12-11(10-16)9-13(18-12)20(4,5)6/h9H,7-8,10H2,1-6H3. The first-order valence-corrected chi connectivity index (χ1v) is 10.7. The average molecular weight is 295 g/mol. The summed E-state index contributed by atoms with van der Waals surface area (Å²) < 4.78 is 11.4. The Morgan fingerprint density at radius 3 is 2.55 bits per heavy atom. The van der Waals surface area contributed by atoms with Crippen molar-refractivity contribution < 1.29 is 13.9 Å². The van der Waals surface area contributed by atoms with Gasteiger partial charge in [-0.05, 0) is 26.8 Å². The Balaban J connectivity index is 2.11. The molecule has 0 spiro atoms. The summed E-state index contributed by atoms with van der Waals surface area (Å²) in [5, 5.41) is 1.12. The number of hydrogen-bond donors (Lipinski definition) is 0. The molecule has 0 radical (unpaired) electrons. The molecule has 0 aliphatic carbocycles. The zero-order valence-electron chi connectivity index (χ0n) is 13.4. The molecule has 1 amide bonds. The normalized spacial score (nSPS) is 16.0. The van der Waals surface area contributed by atoms with E-state index in [4.69, 9.17) is 9.15 Å². The lowest BCUT2D eigenvalue weighted by molar-refractivity contribution is 0.0219. The zero-order chi connectivity index (χ0) is 15.1. The van der Waals surface area contributed by atoms with E-state index in [-0.39, 0.29) is 6.09 Å². The van der Waals surface area contributed by atoms with Crippen molar-refractivity contribution in [3.63, 3.8) is 0 Å². The van der Waals surface area contributed by atoms with Crippen LogP contribution < -0.4 is 5.38 Å². The number of nitrogens with zero attached hydrogens (tertiary/aromatic N) is 1. The first-order chi connectivity index (χ1) is 9.06. The second kappa shape index (κ2) is 4.95. The van der Waals surface area contributed by atoms with E-state index in [0.717, 1.165) is 23.1 Å². The van der Waals surface area contributed by atoms with Gasteiger partial charge in [-0.25, -0.2) is 4.79 Å². The van der Waals surface area contributed by atoms with Crippen LogP contribution in [0.2, 0.25) is 19.6 Å². The Morgan fingerprint density at radius 2 is 2.00 bits per heavy atom. The van der Waals surface area contributed by atoms with Gasteiger partial charge in [-0.2, -0.15) is 0 Å². The number of carbonyl (C=O) groups is 1. The molecule has 0 saturated carbocycles. The van der Waals surface area contributed by atoms with Gasteiger partial charge in [0.1, 0.15) is 19.4 Å². The number of carbonyl (C=O) groups excluding carboxylic acids is 1. The Bertz CT molecular complexity index is 508. The van der Waals surface area contributed by atoms with Crippen LogP contribution >= 0.6 is 0 Å². The molecule has 0 bridgehead atoms. The van der Waals surface area contributed by atoms with Gasteiger partial charge in [0.15, 0.2) is 0 Å². The topological polar surface area (TPSA) is 42.7 Å². The van der Waals surface area contributed by atoms with Crippen molar-refractivity contribution >= 4 is 19.6 Å². The molecule has 0 fully saturated rings. The Morgan fingerprint density at radius 1 is 1.35 bits per heavy atom. The van der Waals surface area contributed by atoms with Crippen LogP contribution in [0.1, 0.15) is 32.1 Å². The summed E-state index contributed by atoms with van der Waals surface area (Å²) in [5.41, 5.74) is 0.691. The predicted octanol–water partition coefficient (Wildman–Crippen LogP) is 3.12. The van der Waals surface area contributed by atoms with E-state index in [0.29, 0.717) is 13.1 Å². The molecule has 2 heterocycles. The van der Waals surface area contributed by atoms with E-state index in [1.54, 1.807) is 4.90 Å². The lowest BCUT2D eigenvalue weighted by Crippen LogP contribution is -2.39. The van der Waals surface area contributed by atoms with Crippen LogP contribution in [0, 0.1) is 0 Å². The lowest BCUT2D eigenvalue weighted by Gasteiger charge is -2.29. The molecule has 4 nitrogen and oxygen atoms in total. The minimum Gasteiger partial charge on any atom is -0.471 e. The van der Waals surface area contributed by atoms with Gasteiger partial charge < -0.3 is 14.1 Å². The number of fused-ring (bicyclic) bond motifs is 1. The summed E-state index contributed by atoms with van der Waals surface area (Å²) in [6, 6.07) is 2.14. The fourth-order valence-corrected chi connectivity index (χ4v) is 3.22. The SMILES string of the molecule is CC(C)(C)OC(=O)N1CCc2oc([Si](C)(C)C)cc2C1. The van der Waals surface area contributed by atoms with Crippen molar-refractivity contribution in [2.24, 2.45) is 0 Å². The first-order valence-electron chi connectivity index (χ1n) is 7.16. The van der Waals surface area contributed by atoms with Gasteiger partial charge in [-0.1, -0.05) is 19.6 Å². The Labute approximate surface area is 122 Å². The highest BCUT2D eigenvalue weighted by molar-refractivity contribution is 6.87. The van der Waals surface area contributed by atoms with Crippen LogP contribution in [-0.4, -0.2) is 31.2 Å². The molecule has 2 rings (SSSR count). The zero-order valence-corrected chi connectivity index (χ0v) is 14.4. The van der Waals surface area contributed by atoms with Gasteiger partial charge in [-0.15, -0.1) is 0 Å². The van der Waals surface area contributed by atoms with Crippen molar-refractivity contribution in [1.82, 2.24) is 4.90 Å². The van der Waals surface area contributed by atoms with E-state index in [9.17, 15) is 4.79 Å². The summed E-state index contributed by atoms with van der Waals surface area (Å²) in [4.78, 5) is 13.9.